The van der Waals surface area contributed by atoms with Crippen LogP contribution < -0.4 is 14.8 Å². The van der Waals surface area contributed by atoms with E-state index in [-0.39, 0.29) is 12.4 Å². The van der Waals surface area contributed by atoms with E-state index in [2.05, 4.69) is 10.3 Å². The summed E-state index contributed by atoms with van der Waals surface area (Å²) in [5, 5.41) is 2.72. The molecule has 0 spiro atoms. The number of nitrogens with one attached hydrogen (secondary N) is 1. The van der Waals surface area contributed by atoms with Gasteiger partial charge in [-0.25, -0.2) is 13.8 Å². The number of ether oxygens (including phenoxy) is 2. The van der Waals surface area contributed by atoms with Crippen molar-refractivity contribution in [2.75, 3.05) is 5.32 Å². The van der Waals surface area contributed by atoms with E-state index in [9.17, 15) is 13.6 Å². The first-order valence-corrected chi connectivity index (χ1v) is 9.56. The van der Waals surface area contributed by atoms with Gasteiger partial charge in [0.1, 0.15) is 23.8 Å². The van der Waals surface area contributed by atoms with Crippen LogP contribution in [0.15, 0.2) is 73.1 Å². The molecular formula is C23H19F2N3O3. The summed E-state index contributed by atoms with van der Waals surface area (Å²) in [6, 6.07) is 15.7. The zero-order valence-electron chi connectivity index (χ0n) is 16.6. The zero-order valence-corrected chi connectivity index (χ0v) is 16.6. The highest BCUT2D eigenvalue weighted by Crippen LogP contribution is 2.20. The van der Waals surface area contributed by atoms with E-state index in [1.165, 1.54) is 13.0 Å². The number of hydrogen-bond acceptors (Lipinski definition) is 4. The third-order valence-corrected chi connectivity index (χ3v) is 4.48. The maximum absolute atomic E-state index is 13.3. The molecule has 0 saturated heterocycles. The molecule has 0 radical (unpaired) electrons. The van der Waals surface area contributed by atoms with Gasteiger partial charge >= 0.3 is 0 Å². The van der Waals surface area contributed by atoms with Crippen LogP contribution in [0, 0.1) is 11.6 Å². The fourth-order valence-corrected chi connectivity index (χ4v) is 2.93. The minimum Gasteiger partial charge on any atom is -0.487 e. The average molecular weight is 423 g/mol. The number of hydrogen-bond donors (Lipinski definition) is 1. The summed E-state index contributed by atoms with van der Waals surface area (Å²) in [5.74, 6) is -1.84. The highest BCUT2D eigenvalue weighted by atomic mass is 19.2. The van der Waals surface area contributed by atoms with Gasteiger partial charge in [0.25, 0.3) is 5.91 Å². The fourth-order valence-electron chi connectivity index (χ4n) is 2.93. The highest BCUT2D eigenvalue weighted by Gasteiger charge is 2.16. The SMILES string of the molecule is CC(Oc1ccc(F)c(F)c1)C(=O)Nc1cccc(OCc2cn3ccccc3n2)c1. The zero-order chi connectivity index (χ0) is 21.8. The lowest BCUT2D eigenvalue weighted by atomic mass is 10.2. The molecule has 31 heavy (non-hydrogen) atoms. The van der Waals surface area contributed by atoms with Crippen LogP contribution in [0.1, 0.15) is 12.6 Å². The van der Waals surface area contributed by atoms with Gasteiger partial charge in [0, 0.05) is 30.2 Å². The average Bonchev–Trinajstić information content (AvgIpc) is 3.18. The lowest BCUT2D eigenvalue weighted by Gasteiger charge is -2.15. The number of fused-ring (bicyclic) bond motifs is 1. The molecule has 0 aliphatic carbocycles. The molecule has 0 saturated carbocycles. The first-order valence-electron chi connectivity index (χ1n) is 9.56. The minimum absolute atomic E-state index is 0.0612. The smallest absolute Gasteiger partial charge is 0.265 e. The number of carbonyl (C=O) groups is 1. The fraction of sp³-hybridized carbons (Fsp3) is 0.130. The van der Waals surface area contributed by atoms with Crippen molar-refractivity contribution in [1.29, 1.82) is 0 Å². The molecular weight excluding hydrogens is 404 g/mol. The van der Waals surface area contributed by atoms with Crippen molar-refractivity contribution in [2.24, 2.45) is 0 Å². The molecule has 8 heteroatoms. The van der Waals surface area contributed by atoms with E-state index >= 15 is 0 Å². The van der Waals surface area contributed by atoms with Crippen molar-refractivity contribution in [3.05, 3.63) is 90.4 Å². The van der Waals surface area contributed by atoms with Crippen molar-refractivity contribution in [3.63, 3.8) is 0 Å². The molecule has 1 atom stereocenters. The van der Waals surface area contributed by atoms with E-state index in [1.54, 1.807) is 24.3 Å². The van der Waals surface area contributed by atoms with Gasteiger partial charge < -0.3 is 19.2 Å². The first-order chi connectivity index (χ1) is 15.0. The van der Waals surface area contributed by atoms with Gasteiger partial charge in [-0.1, -0.05) is 12.1 Å². The number of rotatable bonds is 7. The summed E-state index contributed by atoms with van der Waals surface area (Å²) >= 11 is 0. The van der Waals surface area contributed by atoms with Crippen molar-refractivity contribution in [2.45, 2.75) is 19.6 Å². The molecule has 0 aliphatic rings. The standard InChI is InChI=1S/C23H19F2N3O3/c1-15(31-19-8-9-20(24)21(25)12-19)23(29)27-16-5-4-6-18(11-16)30-14-17-13-28-10-3-2-7-22(28)26-17/h2-13,15H,14H2,1H3,(H,27,29). The molecule has 1 N–H and O–H groups in total. The predicted octanol–water partition coefficient (Wildman–Crippen LogP) is 4.60. The molecule has 4 aromatic rings. The van der Waals surface area contributed by atoms with Crippen LogP contribution in [0.5, 0.6) is 11.5 Å². The molecule has 6 nitrogen and oxygen atoms in total. The van der Waals surface area contributed by atoms with Gasteiger partial charge in [-0.15, -0.1) is 0 Å². The number of halogens is 2. The molecule has 2 aromatic heterocycles. The minimum atomic E-state index is -1.04. The molecule has 1 unspecified atom stereocenters. The van der Waals surface area contributed by atoms with Crippen LogP contribution in [0.3, 0.4) is 0 Å². The van der Waals surface area contributed by atoms with Gasteiger partial charge in [0.05, 0.1) is 5.69 Å². The topological polar surface area (TPSA) is 64.9 Å². The normalized spacial score (nSPS) is 11.8. The Morgan fingerprint density at radius 2 is 1.94 bits per heavy atom. The highest BCUT2D eigenvalue weighted by molar-refractivity contribution is 5.94. The predicted molar refractivity (Wildman–Crippen MR) is 111 cm³/mol. The van der Waals surface area contributed by atoms with Crippen molar-refractivity contribution < 1.29 is 23.0 Å². The summed E-state index contributed by atoms with van der Waals surface area (Å²) < 4.78 is 39.4. The molecule has 0 aliphatic heterocycles. The van der Waals surface area contributed by atoms with Crippen molar-refractivity contribution >= 4 is 17.2 Å². The lowest BCUT2D eigenvalue weighted by Crippen LogP contribution is -2.30. The van der Waals surface area contributed by atoms with E-state index < -0.39 is 23.6 Å². The second-order valence-electron chi connectivity index (χ2n) is 6.84. The first kappa shape index (κ1) is 20.3. The largest absolute Gasteiger partial charge is 0.487 e. The summed E-state index contributed by atoms with van der Waals surface area (Å²) in [6.45, 7) is 1.79. The van der Waals surface area contributed by atoms with Crippen LogP contribution in [-0.2, 0) is 11.4 Å². The van der Waals surface area contributed by atoms with Crippen LogP contribution in [0.25, 0.3) is 5.65 Å². The second-order valence-corrected chi connectivity index (χ2v) is 6.84. The quantitative estimate of drug-likeness (QED) is 0.472. The third-order valence-electron chi connectivity index (χ3n) is 4.48. The Bertz CT molecular complexity index is 1190. The maximum atomic E-state index is 13.3. The van der Waals surface area contributed by atoms with Crippen LogP contribution in [0.2, 0.25) is 0 Å². The summed E-state index contributed by atoms with van der Waals surface area (Å²) in [7, 11) is 0. The number of pyridine rings is 1. The summed E-state index contributed by atoms with van der Waals surface area (Å²) in [4.78, 5) is 16.9. The number of carbonyl (C=O) groups excluding carboxylic acids is 1. The van der Waals surface area contributed by atoms with Gasteiger partial charge in [0.2, 0.25) is 0 Å². The molecule has 2 aromatic carbocycles. The van der Waals surface area contributed by atoms with Crippen molar-refractivity contribution in [1.82, 2.24) is 9.38 Å². The van der Waals surface area contributed by atoms with E-state index in [0.717, 1.165) is 23.5 Å². The van der Waals surface area contributed by atoms with E-state index in [4.69, 9.17) is 9.47 Å². The Hall–Kier alpha value is -3.94. The summed E-state index contributed by atoms with van der Waals surface area (Å²) in [6.07, 6.45) is 2.87. The van der Waals surface area contributed by atoms with Crippen LogP contribution in [0.4, 0.5) is 14.5 Å². The molecule has 1 amide bonds. The number of anilines is 1. The van der Waals surface area contributed by atoms with E-state index in [1.807, 2.05) is 35.0 Å². The van der Waals surface area contributed by atoms with Gasteiger partial charge in [0.15, 0.2) is 17.7 Å². The Labute approximate surface area is 177 Å². The van der Waals surface area contributed by atoms with Gasteiger partial charge in [-0.05, 0) is 43.3 Å². The number of imidazole rings is 1. The van der Waals surface area contributed by atoms with Gasteiger partial charge in [-0.2, -0.15) is 0 Å². The third kappa shape index (κ3) is 4.98. The van der Waals surface area contributed by atoms with E-state index in [0.29, 0.717) is 11.4 Å². The summed E-state index contributed by atoms with van der Waals surface area (Å²) in [5.41, 5.74) is 2.12. The van der Waals surface area contributed by atoms with Crippen LogP contribution in [-0.4, -0.2) is 21.4 Å². The molecule has 2 heterocycles. The van der Waals surface area contributed by atoms with Crippen molar-refractivity contribution in [3.8, 4) is 11.5 Å². The number of amides is 1. The van der Waals surface area contributed by atoms with Crippen LogP contribution >= 0.6 is 0 Å². The Kier molecular flexibility index (Phi) is 5.79. The Morgan fingerprint density at radius 1 is 1.06 bits per heavy atom. The van der Waals surface area contributed by atoms with Gasteiger partial charge in [-0.3, -0.25) is 4.79 Å². The lowest BCUT2D eigenvalue weighted by molar-refractivity contribution is -0.122. The number of aromatic nitrogens is 2. The monoisotopic (exact) mass is 423 g/mol. The second kappa shape index (κ2) is 8.83. The maximum Gasteiger partial charge on any atom is 0.265 e. The molecule has 158 valence electrons. The Morgan fingerprint density at radius 3 is 2.74 bits per heavy atom. The number of benzene rings is 2. The molecule has 0 bridgehead atoms. The molecule has 4 rings (SSSR count). The number of nitrogens with zero attached hydrogens (tertiary/aromatic N) is 2. The molecule has 0 fully saturated rings. The Balaban J connectivity index is 1.35.